The summed E-state index contributed by atoms with van der Waals surface area (Å²) in [4.78, 5) is 37.3. The number of benzene rings is 2. The lowest BCUT2D eigenvalue weighted by Crippen LogP contribution is -2.28. The normalized spacial score (nSPS) is 16.3. The number of hydrogen-bond acceptors (Lipinski definition) is 5. The molecule has 3 rings (SSSR count). The molecule has 1 atom stereocenters. The average molecular weight is 367 g/mol. The highest BCUT2D eigenvalue weighted by Crippen LogP contribution is 2.27. The van der Waals surface area contributed by atoms with Crippen LogP contribution in [0.5, 0.6) is 5.75 Å². The van der Waals surface area contributed by atoms with E-state index in [9.17, 15) is 19.5 Å². The van der Waals surface area contributed by atoms with Gasteiger partial charge in [0.2, 0.25) is 11.8 Å². The number of hydrogen-bond donors (Lipinski definition) is 1. The molecule has 0 unspecified atom stereocenters. The van der Waals surface area contributed by atoms with Gasteiger partial charge in [0.1, 0.15) is 5.75 Å². The molecule has 1 aliphatic rings. The average Bonchev–Trinajstić information content (AvgIpc) is 3.05. The molecule has 27 heavy (non-hydrogen) atoms. The summed E-state index contributed by atoms with van der Waals surface area (Å²) >= 11 is 0. The van der Waals surface area contributed by atoms with E-state index in [1.165, 1.54) is 18.2 Å². The molecule has 0 radical (unpaired) electrons. The van der Waals surface area contributed by atoms with Crippen molar-refractivity contribution in [1.82, 2.24) is 0 Å². The molecule has 1 N–H and O–H groups in total. The first kappa shape index (κ1) is 18.4. The highest BCUT2D eigenvalue weighted by Gasteiger charge is 2.35. The predicted molar refractivity (Wildman–Crippen MR) is 97.5 cm³/mol. The molecule has 0 aromatic heterocycles. The van der Waals surface area contributed by atoms with Crippen LogP contribution in [0.1, 0.15) is 23.7 Å². The maximum Gasteiger partial charge on any atom is 0.229 e. The molecule has 1 saturated heterocycles. The second-order valence-corrected chi connectivity index (χ2v) is 6.19. The van der Waals surface area contributed by atoms with Gasteiger partial charge in [0.15, 0.2) is 0 Å². The second kappa shape index (κ2) is 7.90. The van der Waals surface area contributed by atoms with E-state index in [4.69, 9.17) is 4.74 Å². The molecule has 0 spiro atoms. The standard InChI is InChI=1S/C20H20N2O5/c1-2-27-17-8-6-16(7-9-17)22-12-14(11-18(22)23)19(24)21-15-5-3-4-13(10-15)20(25)26/h3-10,14H,2,11-12H2,1H3,(H,21,24)(H,25,26)/p-1/t14-/m1/s1. The van der Waals surface area contributed by atoms with Crippen molar-refractivity contribution in [3.63, 3.8) is 0 Å². The van der Waals surface area contributed by atoms with Crippen LogP contribution in [0, 0.1) is 5.92 Å². The third-order valence-corrected chi connectivity index (χ3v) is 4.32. The Bertz CT molecular complexity index is 863. The number of rotatable bonds is 6. The Labute approximate surface area is 156 Å². The Kier molecular flexibility index (Phi) is 5.40. The zero-order valence-electron chi connectivity index (χ0n) is 14.8. The van der Waals surface area contributed by atoms with Crippen LogP contribution < -0.4 is 20.1 Å². The van der Waals surface area contributed by atoms with Gasteiger partial charge >= 0.3 is 0 Å². The van der Waals surface area contributed by atoms with Crippen LogP contribution in [-0.2, 0) is 9.59 Å². The number of carbonyl (C=O) groups is 3. The van der Waals surface area contributed by atoms with Crippen molar-refractivity contribution in [2.24, 2.45) is 5.92 Å². The fourth-order valence-electron chi connectivity index (χ4n) is 2.99. The van der Waals surface area contributed by atoms with Crippen LogP contribution in [0.3, 0.4) is 0 Å². The summed E-state index contributed by atoms with van der Waals surface area (Å²) in [6.07, 6.45) is 0.0964. The summed E-state index contributed by atoms with van der Waals surface area (Å²) in [5, 5.41) is 13.6. The van der Waals surface area contributed by atoms with Gasteiger partial charge in [-0.3, -0.25) is 9.59 Å². The number of nitrogens with one attached hydrogen (secondary N) is 1. The van der Waals surface area contributed by atoms with Gasteiger partial charge in [-0.25, -0.2) is 0 Å². The first-order valence-corrected chi connectivity index (χ1v) is 8.63. The van der Waals surface area contributed by atoms with Gasteiger partial charge < -0.3 is 24.9 Å². The molecule has 2 aromatic rings. The van der Waals surface area contributed by atoms with E-state index < -0.39 is 11.9 Å². The summed E-state index contributed by atoms with van der Waals surface area (Å²) in [5.74, 6) is -1.58. The number of nitrogens with zero attached hydrogens (tertiary/aromatic N) is 1. The van der Waals surface area contributed by atoms with Crippen molar-refractivity contribution in [2.45, 2.75) is 13.3 Å². The van der Waals surface area contributed by atoms with Gasteiger partial charge in [0.05, 0.1) is 18.5 Å². The quantitative estimate of drug-likeness (QED) is 0.833. The minimum atomic E-state index is -1.32. The molecule has 1 aliphatic heterocycles. The number of amides is 2. The first-order chi connectivity index (χ1) is 13.0. The number of aromatic carboxylic acids is 1. The van der Waals surface area contributed by atoms with Crippen LogP contribution >= 0.6 is 0 Å². The van der Waals surface area contributed by atoms with Gasteiger partial charge in [-0.05, 0) is 48.9 Å². The molecule has 1 heterocycles. The molecular weight excluding hydrogens is 348 g/mol. The molecule has 1 fully saturated rings. The molecule has 140 valence electrons. The first-order valence-electron chi connectivity index (χ1n) is 8.63. The van der Waals surface area contributed by atoms with E-state index in [0.717, 1.165) is 5.75 Å². The summed E-state index contributed by atoms with van der Waals surface area (Å²) in [6.45, 7) is 2.71. The summed E-state index contributed by atoms with van der Waals surface area (Å²) in [7, 11) is 0. The van der Waals surface area contributed by atoms with E-state index in [1.54, 1.807) is 35.2 Å². The van der Waals surface area contributed by atoms with E-state index >= 15 is 0 Å². The molecule has 0 bridgehead atoms. The summed E-state index contributed by atoms with van der Waals surface area (Å²) in [5.41, 5.74) is 1.04. The SMILES string of the molecule is CCOc1ccc(N2C[C@H](C(=O)Nc3cccc(C(=O)[O-])c3)CC2=O)cc1. The van der Waals surface area contributed by atoms with Crippen molar-refractivity contribution < 1.29 is 24.2 Å². The number of carbonyl (C=O) groups excluding carboxylic acids is 3. The third-order valence-electron chi connectivity index (χ3n) is 4.32. The Morgan fingerprint density at radius 3 is 2.63 bits per heavy atom. The van der Waals surface area contributed by atoms with Gasteiger partial charge in [-0.2, -0.15) is 0 Å². The monoisotopic (exact) mass is 367 g/mol. The van der Waals surface area contributed by atoms with Gasteiger partial charge in [0, 0.05) is 24.3 Å². The number of carboxylic acids is 1. The molecular formula is C20H19N2O5-. The van der Waals surface area contributed by atoms with Gasteiger partial charge in [-0.1, -0.05) is 12.1 Å². The fourth-order valence-corrected chi connectivity index (χ4v) is 2.99. The second-order valence-electron chi connectivity index (χ2n) is 6.19. The van der Waals surface area contributed by atoms with Crippen LogP contribution in [-0.4, -0.2) is 30.9 Å². The molecule has 0 aliphatic carbocycles. The van der Waals surface area contributed by atoms with E-state index in [-0.39, 0.29) is 30.3 Å². The Morgan fingerprint density at radius 2 is 1.96 bits per heavy atom. The van der Waals surface area contributed by atoms with Gasteiger partial charge in [0.25, 0.3) is 0 Å². The van der Waals surface area contributed by atoms with Crippen molar-refractivity contribution in [3.8, 4) is 5.75 Å². The van der Waals surface area contributed by atoms with Crippen LogP contribution in [0.4, 0.5) is 11.4 Å². The van der Waals surface area contributed by atoms with Crippen LogP contribution in [0.2, 0.25) is 0 Å². The number of ether oxygens (including phenoxy) is 1. The van der Waals surface area contributed by atoms with E-state index in [0.29, 0.717) is 18.0 Å². The summed E-state index contributed by atoms with van der Waals surface area (Å²) in [6, 6.07) is 13.0. The summed E-state index contributed by atoms with van der Waals surface area (Å²) < 4.78 is 5.39. The lowest BCUT2D eigenvalue weighted by Gasteiger charge is -2.17. The molecule has 2 aromatic carbocycles. The topological polar surface area (TPSA) is 98.8 Å². The van der Waals surface area contributed by atoms with E-state index in [2.05, 4.69) is 5.32 Å². The third kappa shape index (κ3) is 4.25. The minimum absolute atomic E-state index is 0.0219. The maximum absolute atomic E-state index is 12.5. The van der Waals surface area contributed by atoms with Crippen molar-refractivity contribution in [3.05, 3.63) is 54.1 Å². The lowest BCUT2D eigenvalue weighted by molar-refractivity contribution is -0.255. The smallest absolute Gasteiger partial charge is 0.229 e. The highest BCUT2D eigenvalue weighted by atomic mass is 16.5. The zero-order chi connectivity index (χ0) is 19.4. The fraction of sp³-hybridized carbons (Fsp3) is 0.250. The minimum Gasteiger partial charge on any atom is -0.545 e. The lowest BCUT2D eigenvalue weighted by atomic mass is 10.1. The molecule has 7 nitrogen and oxygen atoms in total. The van der Waals surface area contributed by atoms with Crippen LogP contribution in [0.25, 0.3) is 0 Å². The van der Waals surface area contributed by atoms with Crippen LogP contribution in [0.15, 0.2) is 48.5 Å². The van der Waals surface area contributed by atoms with Crippen molar-refractivity contribution in [1.29, 1.82) is 0 Å². The highest BCUT2D eigenvalue weighted by molar-refractivity contribution is 6.03. The maximum atomic E-state index is 12.5. The van der Waals surface area contributed by atoms with E-state index in [1.807, 2.05) is 6.92 Å². The predicted octanol–water partition coefficient (Wildman–Crippen LogP) is 1.44. The number of carboxylic acid groups (broad SMARTS) is 1. The zero-order valence-corrected chi connectivity index (χ0v) is 14.8. The Hall–Kier alpha value is -3.35. The van der Waals surface area contributed by atoms with Crippen molar-refractivity contribution in [2.75, 3.05) is 23.4 Å². The molecule has 2 amide bonds. The molecule has 0 saturated carbocycles. The largest absolute Gasteiger partial charge is 0.545 e. The Balaban J connectivity index is 1.66. The van der Waals surface area contributed by atoms with Gasteiger partial charge in [-0.15, -0.1) is 0 Å². The Morgan fingerprint density at radius 1 is 1.22 bits per heavy atom. The number of anilines is 2. The van der Waals surface area contributed by atoms with Crippen molar-refractivity contribution >= 4 is 29.2 Å². The molecule has 7 heteroatoms.